The van der Waals surface area contributed by atoms with E-state index in [4.69, 9.17) is 0 Å². The summed E-state index contributed by atoms with van der Waals surface area (Å²) in [6, 6.07) is 21.6. The Bertz CT molecular complexity index is 1040. The number of rotatable bonds is 5. The minimum Gasteiger partial charge on any atom is -0.321 e. The zero-order valence-corrected chi connectivity index (χ0v) is 18.3. The molecule has 3 rings (SSSR count). The highest BCUT2D eigenvalue weighted by Gasteiger charge is 2.15. The Morgan fingerprint density at radius 3 is 2.21 bits per heavy atom. The van der Waals surface area contributed by atoms with Crippen LogP contribution >= 0.6 is 38.5 Å². The summed E-state index contributed by atoms with van der Waals surface area (Å²) in [6.45, 7) is 0. The summed E-state index contributed by atoms with van der Waals surface area (Å²) in [5, 5.41) is 6.77. The van der Waals surface area contributed by atoms with Gasteiger partial charge >= 0.3 is 0 Å². The van der Waals surface area contributed by atoms with Gasteiger partial charge in [0.1, 0.15) is 0 Å². The first-order valence-corrected chi connectivity index (χ1v) is 10.2. The molecule has 0 aliphatic rings. The average Bonchev–Trinajstić information content (AvgIpc) is 2.70. The molecule has 0 aliphatic heterocycles. The second kappa shape index (κ2) is 9.61. The lowest BCUT2D eigenvalue weighted by Gasteiger charge is -2.10. The topological polar surface area (TPSA) is 70.6 Å². The van der Waals surface area contributed by atoms with Gasteiger partial charge in [-0.1, -0.05) is 36.4 Å². The van der Waals surface area contributed by atoms with Crippen LogP contribution in [0.3, 0.4) is 0 Å². The monoisotopic (exact) mass is 547 g/mol. The van der Waals surface area contributed by atoms with Crippen molar-refractivity contribution in [2.75, 3.05) is 5.32 Å². The van der Waals surface area contributed by atoms with Gasteiger partial charge in [-0.2, -0.15) is 5.10 Å². The molecule has 2 N–H and O–H groups in total. The van der Waals surface area contributed by atoms with E-state index in [9.17, 15) is 9.59 Å². The number of halogens is 2. The number of hydrogen-bond acceptors (Lipinski definition) is 3. The number of carbonyl (C=O) groups excluding carboxylic acids is 2. The van der Waals surface area contributed by atoms with Gasteiger partial charge in [-0.05, 0) is 80.5 Å². The summed E-state index contributed by atoms with van der Waals surface area (Å²) < 4.78 is 1.80. The van der Waals surface area contributed by atoms with Crippen molar-refractivity contribution >= 4 is 62.2 Å². The molecule has 5 nitrogen and oxygen atoms in total. The van der Waals surface area contributed by atoms with Crippen LogP contribution in [0.2, 0.25) is 0 Å². The van der Waals surface area contributed by atoms with Gasteiger partial charge in [-0.25, -0.2) is 5.43 Å². The predicted molar refractivity (Wildman–Crippen MR) is 123 cm³/mol. The van der Waals surface area contributed by atoms with Crippen LogP contribution in [0.5, 0.6) is 0 Å². The molecule has 0 fully saturated rings. The van der Waals surface area contributed by atoms with E-state index in [-0.39, 0.29) is 5.91 Å². The number of nitrogens with one attached hydrogen (secondary N) is 2. The van der Waals surface area contributed by atoms with Crippen LogP contribution in [0, 0.1) is 3.57 Å². The van der Waals surface area contributed by atoms with Gasteiger partial charge in [0.2, 0.25) is 0 Å². The molecule has 0 aromatic heterocycles. The number of benzene rings is 3. The molecule has 0 bridgehead atoms. The molecule has 0 radical (unpaired) electrons. The zero-order chi connectivity index (χ0) is 19.9. The highest BCUT2D eigenvalue weighted by Crippen LogP contribution is 2.20. The fourth-order valence-corrected chi connectivity index (χ4v) is 3.22. The number of para-hydroxylation sites is 1. The van der Waals surface area contributed by atoms with Crippen LogP contribution in [0.4, 0.5) is 5.69 Å². The van der Waals surface area contributed by atoms with Crippen LogP contribution in [-0.2, 0) is 0 Å². The Morgan fingerprint density at radius 2 is 1.50 bits per heavy atom. The summed E-state index contributed by atoms with van der Waals surface area (Å²) in [5.41, 5.74) is 4.58. The summed E-state index contributed by atoms with van der Waals surface area (Å²) in [5.74, 6) is -0.722. The smallest absolute Gasteiger partial charge is 0.273 e. The van der Waals surface area contributed by atoms with Gasteiger partial charge in [0.15, 0.2) is 0 Å². The number of anilines is 1. The van der Waals surface area contributed by atoms with Gasteiger partial charge in [-0.15, -0.1) is 0 Å². The van der Waals surface area contributed by atoms with Gasteiger partial charge in [0.25, 0.3) is 11.8 Å². The van der Waals surface area contributed by atoms with Crippen LogP contribution < -0.4 is 10.7 Å². The van der Waals surface area contributed by atoms with Crippen molar-refractivity contribution in [1.82, 2.24) is 5.43 Å². The molecular formula is C21H15BrIN3O2. The lowest BCUT2D eigenvalue weighted by molar-refractivity contribution is 0.0956. The zero-order valence-electron chi connectivity index (χ0n) is 14.5. The van der Waals surface area contributed by atoms with Crippen molar-refractivity contribution in [3.05, 3.63) is 97.5 Å². The summed E-state index contributed by atoms with van der Waals surface area (Å²) in [7, 11) is 0. The SMILES string of the molecule is O=C(Nc1ccccc1C(=O)N/N=C\c1ccc(I)cc1)c1ccccc1Br. The molecule has 140 valence electrons. The molecule has 7 heteroatoms. The minimum absolute atomic E-state index is 0.310. The molecule has 2 amide bonds. The molecular weight excluding hydrogens is 533 g/mol. The summed E-state index contributed by atoms with van der Waals surface area (Å²) in [4.78, 5) is 25.0. The van der Waals surface area contributed by atoms with E-state index in [1.54, 1.807) is 48.7 Å². The Morgan fingerprint density at radius 1 is 0.857 bits per heavy atom. The summed E-state index contributed by atoms with van der Waals surface area (Å²) in [6.07, 6.45) is 1.57. The Balaban J connectivity index is 1.72. The first-order valence-electron chi connectivity index (χ1n) is 8.28. The molecule has 0 saturated carbocycles. The number of carbonyl (C=O) groups is 2. The van der Waals surface area contributed by atoms with Crippen LogP contribution in [0.1, 0.15) is 26.3 Å². The largest absolute Gasteiger partial charge is 0.321 e. The van der Waals surface area contributed by atoms with Crippen molar-refractivity contribution < 1.29 is 9.59 Å². The molecule has 0 saturated heterocycles. The van der Waals surface area contributed by atoms with E-state index in [0.717, 1.165) is 9.13 Å². The molecule has 28 heavy (non-hydrogen) atoms. The van der Waals surface area contributed by atoms with E-state index in [0.29, 0.717) is 21.3 Å². The second-order valence-corrected chi connectivity index (χ2v) is 7.83. The first-order chi connectivity index (χ1) is 13.5. The maximum absolute atomic E-state index is 12.5. The molecule has 3 aromatic rings. The molecule has 0 heterocycles. The standard InChI is InChI=1S/C21H15BrIN3O2/c22-18-7-3-1-5-16(18)20(27)25-19-8-4-2-6-17(19)21(28)26-24-13-14-9-11-15(23)12-10-14/h1-13H,(H,25,27)(H,26,28)/b24-13-. The number of amides is 2. The van der Waals surface area contributed by atoms with Crippen molar-refractivity contribution in [2.24, 2.45) is 5.10 Å². The first kappa shape index (κ1) is 20.2. The fourth-order valence-electron chi connectivity index (χ4n) is 2.40. The summed E-state index contributed by atoms with van der Waals surface area (Å²) >= 11 is 5.58. The third kappa shape index (κ3) is 5.26. The van der Waals surface area contributed by atoms with Crippen molar-refractivity contribution in [1.29, 1.82) is 0 Å². The Hall–Kier alpha value is -2.52. The maximum Gasteiger partial charge on any atom is 0.273 e. The van der Waals surface area contributed by atoms with Crippen molar-refractivity contribution in [2.45, 2.75) is 0 Å². The van der Waals surface area contributed by atoms with Gasteiger partial charge in [0.05, 0.1) is 23.0 Å². The van der Waals surface area contributed by atoms with Gasteiger partial charge < -0.3 is 5.32 Å². The number of nitrogens with zero attached hydrogens (tertiary/aromatic N) is 1. The van der Waals surface area contributed by atoms with Gasteiger partial charge in [0, 0.05) is 8.04 Å². The highest BCUT2D eigenvalue weighted by molar-refractivity contribution is 14.1. The predicted octanol–water partition coefficient (Wildman–Crippen LogP) is 5.07. The van der Waals surface area contributed by atoms with E-state index in [1.165, 1.54) is 0 Å². The molecule has 0 aliphatic carbocycles. The quantitative estimate of drug-likeness (QED) is 0.266. The third-order valence-corrected chi connectivity index (χ3v) is 5.20. The number of hydrazone groups is 1. The van der Waals surface area contributed by atoms with E-state index < -0.39 is 5.91 Å². The molecule has 0 unspecified atom stereocenters. The van der Waals surface area contributed by atoms with E-state index >= 15 is 0 Å². The minimum atomic E-state index is -0.412. The molecule has 0 atom stereocenters. The third-order valence-electron chi connectivity index (χ3n) is 3.79. The number of hydrogen-bond donors (Lipinski definition) is 2. The Labute approximate surface area is 184 Å². The van der Waals surface area contributed by atoms with E-state index in [2.05, 4.69) is 54.4 Å². The molecule has 3 aromatic carbocycles. The lowest BCUT2D eigenvalue weighted by atomic mass is 10.1. The maximum atomic E-state index is 12.5. The highest BCUT2D eigenvalue weighted by atomic mass is 127. The fraction of sp³-hybridized carbons (Fsp3) is 0. The second-order valence-electron chi connectivity index (χ2n) is 5.73. The molecule has 0 spiro atoms. The lowest BCUT2D eigenvalue weighted by Crippen LogP contribution is -2.21. The van der Waals surface area contributed by atoms with Crippen molar-refractivity contribution in [3.63, 3.8) is 0 Å². The average molecular weight is 548 g/mol. The van der Waals surface area contributed by atoms with Gasteiger partial charge in [-0.3, -0.25) is 9.59 Å². The normalized spacial score (nSPS) is 10.6. The van der Waals surface area contributed by atoms with Crippen LogP contribution in [0.15, 0.2) is 82.4 Å². The van der Waals surface area contributed by atoms with E-state index in [1.807, 2.05) is 30.3 Å². The van der Waals surface area contributed by atoms with Crippen LogP contribution in [0.25, 0.3) is 0 Å². The van der Waals surface area contributed by atoms with Crippen LogP contribution in [-0.4, -0.2) is 18.0 Å². The Kier molecular flexibility index (Phi) is 6.94. The van der Waals surface area contributed by atoms with Crippen molar-refractivity contribution in [3.8, 4) is 0 Å².